The lowest BCUT2D eigenvalue weighted by Gasteiger charge is -2.41. The van der Waals surface area contributed by atoms with Gasteiger partial charge in [-0.05, 0) is 40.8 Å². The van der Waals surface area contributed by atoms with Gasteiger partial charge in [-0.15, -0.1) is 0 Å². The molecule has 1 atom stereocenters. The van der Waals surface area contributed by atoms with Crippen molar-refractivity contribution in [3.8, 4) is 5.75 Å². The molecule has 2 aromatic carbocycles. The van der Waals surface area contributed by atoms with Crippen molar-refractivity contribution < 1.29 is 9.53 Å². The minimum absolute atomic E-state index is 0.0242. The maximum atomic E-state index is 13.8. The molecule has 0 saturated heterocycles. The maximum absolute atomic E-state index is 13.8. The van der Waals surface area contributed by atoms with Crippen LogP contribution in [0.25, 0.3) is 0 Å². The number of allylic oxidation sites excluding steroid dienone is 1. The number of fused-ring (bicyclic) bond motifs is 1. The number of benzene rings is 2. The highest BCUT2D eigenvalue weighted by atomic mass is 16.5. The van der Waals surface area contributed by atoms with E-state index in [1.165, 1.54) is 0 Å². The Morgan fingerprint density at radius 1 is 0.909 bits per heavy atom. The lowest BCUT2D eigenvalue weighted by Crippen LogP contribution is -2.53. The molecule has 0 spiro atoms. The molecule has 2 aliphatic heterocycles. The molecular weight excluding hydrogens is 410 g/mol. The highest BCUT2D eigenvalue weighted by Gasteiger charge is 2.49. The van der Waals surface area contributed by atoms with Crippen LogP contribution in [-0.4, -0.2) is 35.4 Å². The Bertz CT molecular complexity index is 1140. The van der Waals surface area contributed by atoms with Gasteiger partial charge in [-0.2, -0.15) is 0 Å². The van der Waals surface area contributed by atoms with Gasteiger partial charge in [0.1, 0.15) is 11.5 Å². The van der Waals surface area contributed by atoms with Gasteiger partial charge in [-0.25, -0.2) is 4.99 Å². The van der Waals surface area contributed by atoms with E-state index in [4.69, 9.17) is 14.7 Å². The molecule has 0 radical (unpaired) electrons. The number of rotatable bonds is 4. The summed E-state index contributed by atoms with van der Waals surface area (Å²) in [6.07, 6.45) is 0.609. The molecule has 0 saturated carbocycles. The summed E-state index contributed by atoms with van der Waals surface area (Å²) in [6.45, 7) is 12.6. The fourth-order valence-electron chi connectivity index (χ4n) is 4.42. The van der Waals surface area contributed by atoms with Gasteiger partial charge < -0.3 is 4.74 Å². The Hall–Kier alpha value is -3.21. The van der Waals surface area contributed by atoms with Crippen LogP contribution in [0, 0.1) is 10.8 Å². The van der Waals surface area contributed by atoms with Crippen molar-refractivity contribution in [2.75, 3.05) is 7.11 Å². The number of carbonyl (C=O) groups is 1. The Kier molecular flexibility index (Phi) is 5.77. The van der Waals surface area contributed by atoms with E-state index in [0.717, 1.165) is 28.3 Å². The Labute approximate surface area is 196 Å². The number of carbonyl (C=O) groups excluding carboxylic acids is 1. The van der Waals surface area contributed by atoms with Crippen molar-refractivity contribution in [3.63, 3.8) is 0 Å². The zero-order valence-electron chi connectivity index (χ0n) is 20.6. The number of ether oxygens (including phenoxy) is 1. The Morgan fingerprint density at radius 2 is 1.55 bits per heavy atom. The molecule has 2 aromatic rings. The molecule has 2 heterocycles. The quantitative estimate of drug-likeness (QED) is 0.613. The van der Waals surface area contributed by atoms with Gasteiger partial charge in [0, 0.05) is 11.8 Å². The molecular formula is C28H33N3O2. The average molecular weight is 444 g/mol. The lowest BCUT2D eigenvalue weighted by molar-refractivity contribution is -0.124. The van der Waals surface area contributed by atoms with Crippen LogP contribution in [0.5, 0.6) is 5.75 Å². The molecule has 0 N–H and O–H groups in total. The van der Waals surface area contributed by atoms with Crippen LogP contribution in [0.1, 0.15) is 52.7 Å². The monoisotopic (exact) mass is 443 g/mol. The molecule has 1 amide bonds. The molecule has 0 fully saturated rings. The smallest absolute Gasteiger partial charge is 0.275 e. The van der Waals surface area contributed by atoms with Crippen molar-refractivity contribution >= 4 is 17.3 Å². The summed E-state index contributed by atoms with van der Waals surface area (Å²) in [5.41, 5.74) is 3.81. The van der Waals surface area contributed by atoms with E-state index in [-0.39, 0.29) is 22.8 Å². The zero-order valence-corrected chi connectivity index (χ0v) is 20.6. The van der Waals surface area contributed by atoms with Gasteiger partial charge in [0.25, 0.3) is 5.91 Å². The third-order valence-electron chi connectivity index (χ3n) is 6.03. The molecule has 33 heavy (non-hydrogen) atoms. The normalized spacial score (nSPS) is 18.8. The molecule has 5 heteroatoms. The summed E-state index contributed by atoms with van der Waals surface area (Å²) >= 11 is 0. The molecule has 1 unspecified atom stereocenters. The minimum atomic E-state index is -0.359. The zero-order chi connectivity index (χ0) is 24.0. The predicted molar refractivity (Wildman–Crippen MR) is 134 cm³/mol. The average Bonchev–Trinajstić information content (AvgIpc) is 3.11. The van der Waals surface area contributed by atoms with E-state index in [0.29, 0.717) is 18.0 Å². The molecule has 172 valence electrons. The van der Waals surface area contributed by atoms with E-state index in [1.54, 1.807) is 7.11 Å². The second kappa shape index (κ2) is 8.29. The molecule has 2 aliphatic rings. The summed E-state index contributed by atoms with van der Waals surface area (Å²) in [5, 5.41) is 0. The fraction of sp³-hybridized carbons (Fsp3) is 0.393. The van der Waals surface area contributed by atoms with Crippen LogP contribution in [-0.2, 0) is 11.2 Å². The molecule has 0 aromatic heterocycles. The van der Waals surface area contributed by atoms with E-state index in [9.17, 15) is 4.79 Å². The summed E-state index contributed by atoms with van der Waals surface area (Å²) in [6, 6.07) is 17.9. The first-order chi connectivity index (χ1) is 15.5. The van der Waals surface area contributed by atoms with Crippen LogP contribution >= 0.6 is 0 Å². The lowest BCUT2D eigenvalue weighted by atomic mass is 9.79. The third kappa shape index (κ3) is 4.37. The second-order valence-corrected chi connectivity index (χ2v) is 10.8. The third-order valence-corrected chi connectivity index (χ3v) is 6.03. The van der Waals surface area contributed by atoms with Crippen molar-refractivity contribution in [2.24, 2.45) is 20.8 Å². The first-order valence-corrected chi connectivity index (χ1v) is 11.4. The number of hydrogen-bond donors (Lipinski definition) is 0. The van der Waals surface area contributed by atoms with Gasteiger partial charge in [0.05, 0.1) is 24.6 Å². The molecule has 4 rings (SSSR count). The van der Waals surface area contributed by atoms with E-state index < -0.39 is 0 Å². The second-order valence-electron chi connectivity index (χ2n) is 10.8. The Morgan fingerprint density at radius 3 is 2.09 bits per heavy atom. The fourth-order valence-corrected chi connectivity index (χ4v) is 4.42. The van der Waals surface area contributed by atoms with Crippen molar-refractivity contribution in [1.82, 2.24) is 4.90 Å². The SMILES string of the molecule is COc1ccc(C2=NC(Cc3ccccc3)=C3N=C(C(C)(C)C)C(=O)N3C2C(C)(C)C)cc1. The van der Waals surface area contributed by atoms with Crippen LogP contribution < -0.4 is 4.74 Å². The van der Waals surface area contributed by atoms with E-state index >= 15 is 0 Å². The van der Waals surface area contributed by atoms with Crippen LogP contribution in [0.4, 0.5) is 0 Å². The number of hydrogen-bond acceptors (Lipinski definition) is 4. The maximum Gasteiger partial charge on any atom is 0.275 e. The summed E-state index contributed by atoms with van der Waals surface area (Å²) in [4.78, 5) is 25.8. The molecule has 0 aliphatic carbocycles. The predicted octanol–water partition coefficient (Wildman–Crippen LogP) is 5.65. The highest BCUT2D eigenvalue weighted by Crippen LogP contribution is 2.41. The van der Waals surface area contributed by atoms with Crippen LogP contribution in [0.15, 0.2) is 76.1 Å². The number of amides is 1. The minimum Gasteiger partial charge on any atom is -0.497 e. The first-order valence-electron chi connectivity index (χ1n) is 11.4. The van der Waals surface area contributed by atoms with Crippen molar-refractivity contribution in [1.29, 1.82) is 0 Å². The van der Waals surface area contributed by atoms with Crippen molar-refractivity contribution in [2.45, 2.75) is 54.0 Å². The van der Waals surface area contributed by atoms with Crippen LogP contribution in [0.2, 0.25) is 0 Å². The summed E-state index contributed by atoms with van der Waals surface area (Å²) in [5.74, 6) is 1.45. The highest BCUT2D eigenvalue weighted by molar-refractivity contribution is 6.43. The van der Waals surface area contributed by atoms with Gasteiger partial charge in [-0.1, -0.05) is 71.9 Å². The van der Waals surface area contributed by atoms with Crippen molar-refractivity contribution in [3.05, 3.63) is 77.2 Å². The Balaban J connectivity index is 1.93. The van der Waals surface area contributed by atoms with Gasteiger partial charge in [0.2, 0.25) is 0 Å². The molecule has 5 nitrogen and oxygen atoms in total. The van der Waals surface area contributed by atoms with Crippen LogP contribution in [0.3, 0.4) is 0 Å². The topological polar surface area (TPSA) is 54.3 Å². The summed E-state index contributed by atoms with van der Waals surface area (Å²) < 4.78 is 5.36. The first kappa shape index (κ1) is 23.0. The van der Waals surface area contributed by atoms with Gasteiger partial charge in [-0.3, -0.25) is 14.7 Å². The van der Waals surface area contributed by atoms with Gasteiger partial charge in [0.15, 0.2) is 5.82 Å². The van der Waals surface area contributed by atoms with Gasteiger partial charge >= 0.3 is 0 Å². The van der Waals surface area contributed by atoms with E-state index in [2.05, 4.69) is 32.9 Å². The van der Waals surface area contributed by atoms with E-state index in [1.807, 2.05) is 68.1 Å². The standard InChI is InChI=1S/C28H33N3O2/c1-27(2,3)23-26(32)31-24(28(4,5)6)22(19-13-15-20(33-7)16-14-19)29-21(25(31)30-23)17-18-11-9-8-10-12-18/h8-16,24H,17H2,1-7H3. The summed E-state index contributed by atoms with van der Waals surface area (Å²) in [7, 11) is 1.66. The largest absolute Gasteiger partial charge is 0.497 e. The number of aliphatic imine (C=N–C) groups is 2. The number of methoxy groups -OCH3 is 1. The number of nitrogens with zero attached hydrogens (tertiary/aromatic N) is 3. The molecule has 0 bridgehead atoms.